The van der Waals surface area contributed by atoms with E-state index in [9.17, 15) is 0 Å². The van der Waals surface area contributed by atoms with Crippen LogP contribution in [0.25, 0.3) is 0 Å². The Hall–Kier alpha value is -1.20. The average Bonchev–Trinajstić information content (AvgIpc) is 2.67. The first-order valence-corrected chi connectivity index (χ1v) is 7.10. The molecule has 5 heteroatoms. The molecule has 0 aliphatic carbocycles. The first-order valence-electron chi connectivity index (χ1n) is 7.10. The summed E-state index contributed by atoms with van der Waals surface area (Å²) in [5.74, 6) is 1.62. The number of rotatable bonds is 5. The maximum atomic E-state index is 5.47. The van der Waals surface area contributed by atoms with Gasteiger partial charge in [0.15, 0.2) is 0 Å². The minimum Gasteiger partial charge on any atom is -0.380 e. The zero-order valence-corrected chi connectivity index (χ0v) is 11.9. The van der Waals surface area contributed by atoms with Crippen LogP contribution in [-0.2, 0) is 11.3 Å². The largest absolute Gasteiger partial charge is 0.380 e. The van der Waals surface area contributed by atoms with Crippen LogP contribution in [0.2, 0.25) is 0 Å². The topological polar surface area (TPSA) is 50.3 Å². The molecule has 1 aliphatic rings. The van der Waals surface area contributed by atoms with Gasteiger partial charge in [-0.2, -0.15) is 0 Å². The molecule has 2 heterocycles. The van der Waals surface area contributed by atoms with Gasteiger partial charge < -0.3 is 15.0 Å². The molecule has 1 aromatic heterocycles. The van der Waals surface area contributed by atoms with Crippen LogP contribution in [0.15, 0.2) is 12.4 Å². The summed E-state index contributed by atoms with van der Waals surface area (Å²) in [6, 6.07) is 0. The molecule has 0 bridgehead atoms. The molecule has 1 fully saturated rings. The van der Waals surface area contributed by atoms with Crippen LogP contribution in [0.5, 0.6) is 0 Å². The molecule has 5 nitrogen and oxygen atoms in total. The van der Waals surface area contributed by atoms with Crippen molar-refractivity contribution in [2.24, 2.45) is 5.92 Å². The van der Waals surface area contributed by atoms with Crippen molar-refractivity contribution >= 4 is 5.82 Å². The highest BCUT2D eigenvalue weighted by Crippen LogP contribution is 2.12. The van der Waals surface area contributed by atoms with E-state index < -0.39 is 0 Å². The molecule has 106 valence electrons. The molecular formula is C14H24N4O. The molecule has 0 radical (unpaired) electrons. The normalized spacial score (nSPS) is 16.7. The first kappa shape index (κ1) is 14.2. The van der Waals surface area contributed by atoms with E-state index in [2.05, 4.69) is 34.0 Å². The summed E-state index contributed by atoms with van der Waals surface area (Å²) in [4.78, 5) is 11.2. The van der Waals surface area contributed by atoms with Crippen LogP contribution in [0.1, 0.15) is 26.0 Å². The molecule has 0 atom stereocenters. The Morgan fingerprint density at radius 1 is 1.32 bits per heavy atom. The van der Waals surface area contributed by atoms with Crippen molar-refractivity contribution in [3.05, 3.63) is 18.1 Å². The van der Waals surface area contributed by atoms with Gasteiger partial charge in [0.2, 0.25) is 0 Å². The SMILES string of the molecule is CC(C)CNCc1cncc(N2CCCOCC2)n1. The highest BCUT2D eigenvalue weighted by atomic mass is 16.5. The Balaban J connectivity index is 1.93. The zero-order valence-electron chi connectivity index (χ0n) is 11.9. The highest BCUT2D eigenvalue weighted by Gasteiger charge is 2.11. The fourth-order valence-corrected chi connectivity index (χ4v) is 2.10. The molecule has 1 N–H and O–H groups in total. The third kappa shape index (κ3) is 4.76. The van der Waals surface area contributed by atoms with Gasteiger partial charge in [0.25, 0.3) is 0 Å². The van der Waals surface area contributed by atoms with E-state index in [-0.39, 0.29) is 0 Å². The van der Waals surface area contributed by atoms with E-state index in [0.717, 1.165) is 57.3 Å². The number of nitrogens with zero attached hydrogens (tertiary/aromatic N) is 3. The van der Waals surface area contributed by atoms with Crippen molar-refractivity contribution in [3.63, 3.8) is 0 Å². The lowest BCUT2D eigenvalue weighted by atomic mass is 10.2. The van der Waals surface area contributed by atoms with Gasteiger partial charge in [-0.25, -0.2) is 4.98 Å². The smallest absolute Gasteiger partial charge is 0.147 e. The number of hydrogen-bond donors (Lipinski definition) is 1. The van der Waals surface area contributed by atoms with E-state index in [1.807, 2.05) is 12.4 Å². The minimum absolute atomic E-state index is 0.652. The predicted octanol–water partition coefficient (Wildman–Crippen LogP) is 1.45. The molecule has 0 saturated carbocycles. The average molecular weight is 264 g/mol. The van der Waals surface area contributed by atoms with Crippen LogP contribution in [0.3, 0.4) is 0 Å². The minimum atomic E-state index is 0.652. The molecule has 1 aromatic rings. The van der Waals surface area contributed by atoms with E-state index in [4.69, 9.17) is 4.74 Å². The number of aromatic nitrogens is 2. The van der Waals surface area contributed by atoms with E-state index >= 15 is 0 Å². The molecular weight excluding hydrogens is 240 g/mol. The number of anilines is 1. The van der Waals surface area contributed by atoms with E-state index in [1.165, 1.54) is 0 Å². The van der Waals surface area contributed by atoms with Crippen LogP contribution < -0.4 is 10.2 Å². The van der Waals surface area contributed by atoms with Crippen molar-refractivity contribution in [3.8, 4) is 0 Å². The maximum absolute atomic E-state index is 5.47. The second-order valence-electron chi connectivity index (χ2n) is 5.35. The molecule has 2 rings (SSSR count). The van der Waals surface area contributed by atoms with Crippen molar-refractivity contribution in [2.75, 3.05) is 37.7 Å². The van der Waals surface area contributed by atoms with Gasteiger partial charge in [0.1, 0.15) is 5.82 Å². The lowest BCUT2D eigenvalue weighted by molar-refractivity contribution is 0.152. The van der Waals surface area contributed by atoms with E-state index in [0.29, 0.717) is 5.92 Å². The van der Waals surface area contributed by atoms with Gasteiger partial charge in [-0.15, -0.1) is 0 Å². The molecule has 0 unspecified atom stereocenters. The lowest BCUT2D eigenvalue weighted by Crippen LogP contribution is -2.27. The first-order chi connectivity index (χ1) is 9.25. The molecule has 0 spiro atoms. The number of hydrogen-bond acceptors (Lipinski definition) is 5. The summed E-state index contributed by atoms with van der Waals surface area (Å²) in [6.45, 7) is 9.71. The second kappa shape index (κ2) is 7.40. The summed E-state index contributed by atoms with van der Waals surface area (Å²) in [5, 5.41) is 3.40. The highest BCUT2D eigenvalue weighted by molar-refractivity contribution is 5.36. The van der Waals surface area contributed by atoms with Crippen LogP contribution >= 0.6 is 0 Å². The molecule has 1 saturated heterocycles. The van der Waals surface area contributed by atoms with Crippen LogP contribution in [-0.4, -0.2) is 42.8 Å². The summed E-state index contributed by atoms with van der Waals surface area (Å²) < 4.78 is 5.47. The summed E-state index contributed by atoms with van der Waals surface area (Å²) in [7, 11) is 0. The third-order valence-electron chi connectivity index (χ3n) is 3.08. The van der Waals surface area contributed by atoms with Crippen molar-refractivity contribution < 1.29 is 4.74 Å². The van der Waals surface area contributed by atoms with Gasteiger partial charge >= 0.3 is 0 Å². The number of nitrogens with one attached hydrogen (secondary N) is 1. The standard InChI is InChI=1S/C14H24N4O/c1-12(2)8-15-9-13-10-16-11-14(17-13)18-4-3-6-19-7-5-18/h10-12,15H,3-9H2,1-2H3. The molecule has 0 amide bonds. The van der Waals surface area contributed by atoms with Crippen LogP contribution in [0.4, 0.5) is 5.82 Å². The van der Waals surface area contributed by atoms with Gasteiger partial charge in [0, 0.05) is 32.4 Å². The quantitative estimate of drug-likeness (QED) is 0.872. The van der Waals surface area contributed by atoms with Crippen molar-refractivity contribution in [1.29, 1.82) is 0 Å². The second-order valence-corrected chi connectivity index (χ2v) is 5.35. The maximum Gasteiger partial charge on any atom is 0.147 e. The van der Waals surface area contributed by atoms with Crippen LogP contribution in [0, 0.1) is 5.92 Å². The summed E-state index contributed by atoms with van der Waals surface area (Å²) >= 11 is 0. The Morgan fingerprint density at radius 2 is 2.21 bits per heavy atom. The monoisotopic (exact) mass is 264 g/mol. The zero-order chi connectivity index (χ0) is 13.5. The Bertz CT molecular complexity index is 375. The van der Waals surface area contributed by atoms with Crippen molar-refractivity contribution in [1.82, 2.24) is 15.3 Å². The Kier molecular flexibility index (Phi) is 5.54. The fraction of sp³-hybridized carbons (Fsp3) is 0.714. The Morgan fingerprint density at radius 3 is 3.05 bits per heavy atom. The van der Waals surface area contributed by atoms with E-state index in [1.54, 1.807) is 0 Å². The lowest BCUT2D eigenvalue weighted by Gasteiger charge is -2.20. The Labute approximate surface area is 115 Å². The summed E-state index contributed by atoms with van der Waals surface area (Å²) in [5.41, 5.74) is 1.00. The van der Waals surface area contributed by atoms with Crippen molar-refractivity contribution in [2.45, 2.75) is 26.8 Å². The van der Waals surface area contributed by atoms with Gasteiger partial charge in [-0.3, -0.25) is 4.98 Å². The predicted molar refractivity (Wildman–Crippen MR) is 76.2 cm³/mol. The number of ether oxygens (including phenoxy) is 1. The fourth-order valence-electron chi connectivity index (χ4n) is 2.10. The summed E-state index contributed by atoms with van der Waals surface area (Å²) in [6.07, 6.45) is 4.74. The van der Waals surface area contributed by atoms with Gasteiger partial charge in [-0.05, 0) is 18.9 Å². The third-order valence-corrected chi connectivity index (χ3v) is 3.08. The molecule has 19 heavy (non-hydrogen) atoms. The molecule has 0 aromatic carbocycles. The van der Waals surface area contributed by atoms with Gasteiger partial charge in [0.05, 0.1) is 18.5 Å². The van der Waals surface area contributed by atoms with Gasteiger partial charge in [-0.1, -0.05) is 13.8 Å². The molecule has 1 aliphatic heterocycles.